The summed E-state index contributed by atoms with van der Waals surface area (Å²) in [7, 11) is 0. The number of ether oxygens (including phenoxy) is 2. The average molecular weight is 317 g/mol. The second-order valence-corrected chi connectivity index (χ2v) is 5.34. The van der Waals surface area contributed by atoms with E-state index in [9.17, 15) is 4.79 Å². The molecule has 0 bridgehead atoms. The molecule has 0 aromatic carbocycles. The Labute approximate surface area is 115 Å². The van der Waals surface area contributed by atoms with Crippen LogP contribution in [0.4, 0.5) is 0 Å². The van der Waals surface area contributed by atoms with Crippen LogP contribution in [0.5, 0.6) is 5.88 Å². The molecule has 0 amide bonds. The van der Waals surface area contributed by atoms with Gasteiger partial charge in [-0.2, -0.15) is 5.10 Å². The van der Waals surface area contributed by atoms with E-state index in [-0.39, 0.29) is 6.04 Å². The number of nitrogens with zero attached hydrogens (tertiary/aromatic N) is 2. The minimum atomic E-state index is -0.393. The van der Waals surface area contributed by atoms with Crippen molar-refractivity contribution < 1.29 is 14.3 Å². The Bertz CT molecular complexity index is 456. The minimum Gasteiger partial charge on any atom is -0.477 e. The summed E-state index contributed by atoms with van der Waals surface area (Å²) in [6.45, 7) is 7.00. The number of carbonyl (C=O) groups excluding carboxylic acids is 1. The predicted molar refractivity (Wildman–Crippen MR) is 69.9 cm³/mol. The van der Waals surface area contributed by atoms with Crippen LogP contribution >= 0.6 is 15.9 Å². The van der Waals surface area contributed by atoms with Crippen LogP contribution in [-0.4, -0.2) is 29.0 Å². The standard InChI is InChI=1S/C12H17BrN2O3/c1-4-17-12(16)9-10(13)14-15-8(7(2)3)5-6-18-11(9)15/h7-8H,4-6H2,1-3H3. The van der Waals surface area contributed by atoms with E-state index in [0.717, 1.165) is 6.42 Å². The Kier molecular flexibility index (Phi) is 3.94. The lowest BCUT2D eigenvalue weighted by Gasteiger charge is -2.27. The Morgan fingerprint density at radius 3 is 3.00 bits per heavy atom. The highest BCUT2D eigenvalue weighted by atomic mass is 79.9. The Morgan fingerprint density at radius 1 is 1.67 bits per heavy atom. The molecule has 2 heterocycles. The zero-order chi connectivity index (χ0) is 13.3. The summed E-state index contributed by atoms with van der Waals surface area (Å²) < 4.78 is 12.9. The van der Waals surface area contributed by atoms with E-state index in [1.165, 1.54) is 0 Å². The molecule has 18 heavy (non-hydrogen) atoms. The molecule has 2 rings (SSSR count). The molecular weight excluding hydrogens is 300 g/mol. The van der Waals surface area contributed by atoms with E-state index in [1.54, 1.807) is 11.6 Å². The number of rotatable bonds is 3. The first kappa shape index (κ1) is 13.4. The maximum absolute atomic E-state index is 11.9. The van der Waals surface area contributed by atoms with Gasteiger partial charge in [0.25, 0.3) is 0 Å². The van der Waals surface area contributed by atoms with Crippen molar-refractivity contribution >= 4 is 21.9 Å². The third kappa shape index (κ3) is 2.25. The smallest absolute Gasteiger partial charge is 0.346 e. The van der Waals surface area contributed by atoms with Crippen molar-refractivity contribution in [2.24, 2.45) is 5.92 Å². The molecule has 0 fully saturated rings. The zero-order valence-electron chi connectivity index (χ0n) is 10.8. The van der Waals surface area contributed by atoms with Gasteiger partial charge in [0.15, 0.2) is 5.56 Å². The lowest BCUT2D eigenvalue weighted by atomic mass is 10.0. The van der Waals surface area contributed by atoms with Crippen LogP contribution in [0.1, 0.15) is 43.6 Å². The number of halogens is 1. The minimum absolute atomic E-state index is 0.258. The second kappa shape index (κ2) is 5.30. The molecule has 0 radical (unpaired) electrons. The number of hydrogen-bond donors (Lipinski definition) is 0. The summed E-state index contributed by atoms with van der Waals surface area (Å²) in [5.74, 6) is 0.565. The van der Waals surface area contributed by atoms with Gasteiger partial charge in [0.1, 0.15) is 4.60 Å². The number of esters is 1. The second-order valence-electron chi connectivity index (χ2n) is 4.58. The highest BCUT2D eigenvalue weighted by Gasteiger charge is 2.32. The van der Waals surface area contributed by atoms with E-state index in [4.69, 9.17) is 9.47 Å². The van der Waals surface area contributed by atoms with E-state index in [2.05, 4.69) is 34.9 Å². The molecule has 1 aromatic heterocycles. The van der Waals surface area contributed by atoms with Gasteiger partial charge in [0.05, 0.1) is 19.3 Å². The van der Waals surface area contributed by atoms with E-state index in [0.29, 0.717) is 35.2 Å². The van der Waals surface area contributed by atoms with Crippen LogP contribution in [0.15, 0.2) is 4.60 Å². The molecule has 100 valence electrons. The molecule has 1 unspecified atom stereocenters. The fourth-order valence-electron chi connectivity index (χ4n) is 2.15. The fraction of sp³-hybridized carbons (Fsp3) is 0.667. The van der Waals surface area contributed by atoms with Crippen molar-refractivity contribution in [1.82, 2.24) is 9.78 Å². The van der Waals surface area contributed by atoms with Gasteiger partial charge in [-0.3, -0.25) is 0 Å². The summed E-state index contributed by atoms with van der Waals surface area (Å²) in [5.41, 5.74) is 0.391. The van der Waals surface area contributed by atoms with Crippen LogP contribution < -0.4 is 4.74 Å². The SMILES string of the molecule is CCOC(=O)c1c(Br)nn2c1OCCC2C(C)C. The molecule has 5 nitrogen and oxygen atoms in total. The maximum atomic E-state index is 11.9. The van der Waals surface area contributed by atoms with Crippen molar-refractivity contribution in [1.29, 1.82) is 0 Å². The monoisotopic (exact) mass is 316 g/mol. The normalized spacial score (nSPS) is 18.4. The van der Waals surface area contributed by atoms with Crippen LogP contribution in [-0.2, 0) is 4.74 Å². The van der Waals surface area contributed by atoms with Gasteiger partial charge in [0.2, 0.25) is 5.88 Å². The molecule has 1 aliphatic heterocycles. The lowest BCUT2D eigenvalue weighted by Crippen LogP contribution is -2.25. The highest BCUT2D eigenvalue weighted by molar-refractivity contribution is 9.10. The van der Waals surface area contributed by atoms with E-state index < -0.39 is 5.97 Å². The molecule has 6 heteroatoms. The van der Waals surface area contributed by atoms with Gasteiger partial charge in [-0.15, -0.1) is 0 Å². The Hall–Kier alpha value is -1.04. The lowest BCUT2D eigenvalue weighted by molar-refractivity contribution is 0.0516. The molecule has 1 aliphatic rings. The molecule has 1 atom stereocenters. The van der Waals surface area contributed by atoms with Gasteiger partial charge in [-0.25, -0.2) is 9.48 Å². The van der Waals surface area contributed by atoms with Gasteiger partial charge in [0, 0.05) is 6.42 Å². The molecule has 0 saturated heterocycles. The molecule has 0 N–H and O–H groups in total. The summed E-state index contributed by atoms with van der Waals surface area (Å²) in [5, 5.41) is 4.36. The number of carbonyl (C=O) groups is 1. The first-order valence-corrected chi connectivity index (χ1v) is 6.93. The summed E-state index contributed by atoms with van der Waals surface area (Å²) >= 11 is 3.31. The van der Waals surface area contributed by atoms with Crippen molar-refractivity contribution in [2.45, 2.75) is 33.2 Å². The Balaban J connectivity index is 2.42. The topological polar surface area (TPSA) is 53.3 Å². The first-order valence-electron chi connectivity index (χ1n) is 6.14. The number of aromatic nitrogens is 2. The summed E-state index contributed by atoms with van der Waals surface area (Å²) in [6, 6.07) is 0.258. The predicted octanol–water partition coefficient (Wildman–Crippen LogP) is 2.80. The largest absolute Gasteiger partial charge is 0.477 e. The van der Waals surface area contributed by atoms with Crippen LogP contribution in [0, 0.1) is 5.92 Å². The Morgan fingerprint density at radius 2 is 2.39 bits per heavy atom. The van der Waals surface area contributed by atoms with E-state index >= 15 is 0 Å². The van der Waals surface area contributed by atoms with Gasteiger partial charge in [-0.05, 0) is 28.8 Å². The quantitative estimate of drug-likeness (QED) is 0.805. The van der Waals surface area contributed by atoms with Crippen LogP contribution in [0.3, 0.4) is 0 Å². The van der Waals surface area contributed by atoms with Gasteiger partial charge < -0.3 is 9.47 Å². The van der Waals surface area contributed by atoms with E-state index in [1.807, 2.05) is 0 Å². The van der Waals surface area contributed by atoms with Crippen molar-refractivity contribution in [3.8, 4) is 5.88 Å². The van der Waals surface area contributed by atoms with Crippen molar-refractivity contribution in [3.63, 3.8) is 0 Å². The average Bonchev–Trinajstić information content (AvgIpc) is 2.64. The third-order valence-electron chi connectivity index (χ3n) is 3.04. The van der Waals surface area contributed by atoms with Gasteiger partial charge >= 0.3 is 5.97 Å². The molecule has 0 spiro atoms. The number of fused-ring (bicyclic) bond motifs is 1. The van der Waals surface area contributed by atoms with Crippen molar-refractivity contribution in [2.75, 3.05) is 13.2 Å². The first-order chi connectivity index (χ1) is 8.56. The highest BCUT2D eigenvalue weighted by Crippen LogP contribution is 2.37. The van der Waals surface area contributed by atoms with Crippen LogP contribution in [0.25, 0.3) is 0 Å². The summed E-state index contributed by atoms with van der Waals surface area (Å²) in [4.78, 5) is 11.9. The summed E-state index contributed by atoms with van der Waals surface area (Å²) in [6.07, 6.45) is 0.904. The van der Waals surface area contributed by atoms with Crippen molar-refractivity contribution in [3.05, 3.63) is 10.2 Å². The van der Waals surface area contributed by atoms with Crippen LogP contribution in [0.2, 0.25) is 0 Å². The molecular formula is C12H17BrN2O3. The fourth-order valence-corrected chi connectivity index (χ4v) is 2.65. The third-order valence-corrected chi connectivity index (χ3v) is 3.59. The zero-order valence-corrected chi connectivity index (χ0v) is 12.4. The maximum Gasteiger partial charge on any atom is 0.346 e. The molecule has 0 saturated carbocycles. The molecule has 0 aliphatic carbocycles. The molecule has 1 aromatic rings. The van der Waals surface area contributed by atoms with Gasteiger partial charge in [-0.1, -0.05) is 13.8 Å². The number of hydrogen-bond acceptors (Lipinski definition) is 4.